The number of nitrogens with one attached hydrogen (secondary N) is 1. The quantitative estimate of drug-likeness (QED) is 0.809. The Morgan fingerprint density at radius 3 is 2.63 bits per heavy atom. The summed E-state index contributed by atoms with van der Waals surface area (Å²) in [7, 11) is 1.68. The molecular weight excluding hydrogens is 384 g/mol. The molecule has 30 heavy (non-hydrogen) atoms. The third-order valence-electron chi connectivity index (χ3n) is 6.13. The number of amides is 4. The van der Waals surface area contributed by atoms with Gasteiger partial charge in [0.25, 0.3) is 5.91 Å². The summed E-state index contributed by atoms with van der Waals surface area (Å²) in [5.74, 6) is -0.0824. The van der Waals surface area contributed by atoms with Crippen LogP contribution in [0.15, 0.2) is 29.5 Å². The molecule has 0 spiro atoms. The molecule has 0 radical (unpaired) electrons. The van der Waals surface area contributed by atoms with Crippen LogP contribution < -0.4 is 5.32 Å². The van der Waals surface area contributed by atoms with Gasteiger partial charge in [0.2, 0.25) is 5.91 Å². The highest BCUT2D eigenvalue weighted by atomic mass is 16.5. The van der Waals surface area contributed by atoms with Crippen LogP contribution in [0.4, 0.5) is 4.79 Å². The van der Waals surface area contributed by atoms with Crippen LogP contribution in [-0.2, 0) is 14.3 Å². The van der Waals surface area contributed by atoms with E-state index in [1.165, 1.54) is 4.90 Å². The fourth-order valence-electron chi connectivity index (χ4n) is 4.39. The largest absolute Gasteiger partial charge is 0.378 e. The van der Waals surface area contributed by atoms with E-state index >= 15 is 0 Å². The van der Waals surface area contributed by atoms with Gasteiger partial charge in [0, 0.05) is 33.1 Å². The van der Waals surface area contributed by atoms with Crippen LogP contribution >= 0.6 is 0 Å². The third kappa shape index (κ3) is 3.67. The van der Waals surface area contributed by atoms with Crippen molar-refractivity contribution in [3.05, 3.63) is 46.2 Å². The van der Waals surface area contributed by atoms with Crippen LogP contribution in [0.25, 0.3) is 0 Å². The molecule has 1 aromatic rings. The number of benzene rings is 1. The maximum absolute atomic E-state index is 13.3. The van der Waals surface area contributed by atoms with Crippen LogP contribution in [0.5, 0.6) is 0 Å². The summed E-state index contributed by atoms with van der Waals surface area (Å²) in [6, 6.07) is 5.32. The van der Waals surface area contributed by atoms with Gasteiger partial charge in [0.1, 0.15) is 0 Å². The fraction of sp³-hybridized carbons (Fsp3) is 0.500. The van der Waals surface area contributed by atoms with Gasteiger partial charge in [-0.05, 0) is 25.0 Å². The normalized spacial score (nSPS) is 21.8. The van der Waals surface area contributed by atoms with Crippen molar-refractivity contribution in [3.63, 3.8) is 0 Å². The average molecular weight is 412 g/mol. The molecule has 0 bridgehead atoms. The van der Waals surface area contributed by atoms with Gasteiger partial charge in [-0.1, -0.05) is 23.8 Å². The molecule has 1 N–H and O–H groups in total. The average Bonchev–Trinajstić information content (AvgIpc) is 3.06. The maximum Gasteiger partial charge on any atom is 0.322 e. The Morgan fingerprint density at radius 2 is 1.93 bits per heavy atom. The molecule has 1 fully saturated rings. The molecule has 1 saturated heterocycles. The molecular formula is C22H28N4O4. The maximum atomic E-state index is 13.3. The minimum atomic E-state index is -0.475. The van der Waals surface area contributed by atoms with Crippen LogP contribution in [0.3, 0.4) is 0 Å². The van der Waals surface area contributed by atoms with E-state index in [0.29, 0.717) is 50.7 Å². The standard InChI is InChI=1S/C22H28N4O4/c1-14-4-5-16(15(2)12-14)20-19-17(24(3)22(29)23-20)13-26(21(19)28)7-6-18(27)25-8-10-30-11-9-25/h4-5,12,20H,6-11,13H2,1-3H3,(H,23,29)/t20-/m1/s1. The molecule has 1 atom stereocenters. The van der Waals surface area contributed by atoms with Crippen LogP contribution in [0, 0.1) is 13.8 Å². The molecule has 0 unspecified atom stereocenters. The molecule has 3 heterocycles. The van der Waals surface area contributed by atoms with E-state index in [-0.39, 0.29) is 24.3 Å². The Hall–Kier alpha value is -2.87. The molecule has 8 nitrogen and oxygen atoms in total. The zero-order valence-corrected chi connectivity index (χ0v) is 17.7. The summed E-state index contributed by atoms with van der Waals surface area (Å²) in [5.41, 5.74) is 4.40. The summed E-state index contributed by atoms with van der Waals surface area (Å²) in [4.78, 5) is 43.3. The lowest BCUT2D eigenvalue weighted by atomic mass is 9.91. The lowest BCUT2D eigenvalue weighted by Crippen LogP contribution is -2.45. The number of hydrogen-bond acceptors (Lipinski definition) is 4. The Kier molecular flexibility index (Phi) is 5.51. The third-order valence-corrected chi connectivity index (χ3v) is 6.13. The van der Waals surface area contributed by atoms with Crippen molar-refractivity contribution in [1.29, 1.82) is 0 Å². The molecule has 0 aliphatic carbocycles. The molecule has 4 amide bonds. The SMILES string of the molecule is Cc1ccc([C@H]2NC(=O)N(C)C3=C2C(=O)N(CCC(=O)N2CCOCC2)C3)c(C)c1. The lowest BCUT2D eigenvalue weighted by Gasteiger charge is -2.31. The molecule has 0 aromatic heterocycles. The van der Waals surface area contributed by atoms with Crippen molar-refractivity contribution < 1.29 is 19.1 Å². The summed E-state index contributed by atoms with van der Waals surface area (Å²) < 4.78 is 5.29. The van der Waals surface area contributed by atoms with E-state index in [0.717, 1.165) is 16.7 Å². The summed E-state index contributed by atoms with van der Waals surface area (Å²) >= 11 is 0. The molecule has 160 valence electrons. The zero-order chi connectivity index (χ0) is 21.4. The highest BCUT2D eigenvalue weighted by Crippen LogP contribution is 2.36. The molecule has 4 rings (SSSR count). The van der Waals surface area contributed by atoms with E-state index in [1.54, 1.807) is 16.8 Å². The first kappa shape index (κ1) is 20.4. The Bertz CT molecular complexity index is 920. The van der Waals surface area contributed by atoms with Crippen LogP contribution in [-0.4, -0.2) is 79.0 Å². The number of carbonyl (C=O) groups is 3. The number of aryl methyl sites for hydroxylation is 2. The number of urea groups is 1. The number of carbonyl (C=O) groups excluding carboxylic acids is 3. The molecule has 1 aromatic carbocycles. The van der Waals surface area contributed by atoms with E-state index in [9.17, 15) is 14.4 Å². The van der Waals surface area contributed by atoms with Crippen LogP contribution in [0.1, 0.15) is 29.2 Å². The van der Waals surface area contributed by atoms with Crippen molar-refractivity contribution in [2.45, 2.75) is 26.3 Å². The van der Waals surface area contributed by atoms with Gasteiger partial charge in [-0.25, -0.2) is 4.79 Å². The second-order valence-electron chi connectivity index (χ2n) is 8.13. The first-order valence-corrected chi connectivity index (χ1v) is 10.4. The smallest absolute Gasteiger partial charge is 0.322 e. The fourth-order valence-corrected chi connectivity index (χ4v) is 4.39. The molecule has 8 heteroatoms. The van der Waals surface area contributed by atoms with Gasteiger partial charge < -0.3 is 19.9 Å². The van der Waals surface area contributed by atoms with Crippen molar-refractivity contribution in [1.82, 2.24) is 20.0 Å². The van der Waals surface area contributed by atoms with Gasteiger partial charge in [0.15, 0.2) is 0 Å². The van der Waals surface area contributed by atoms with E-state index in [1.807, 2.05) is 26.0 Å². The van der Waals surface area contributed by atoms with Crippen molar-refractivity contribution in [2.75, 3.05) is 46.4 Å². The lowest BCUT2D eigenvalue weighted by molar-refractivity contribution is -0.136. The van der Waals surface area contributed by atoms with Gasteiger partial charge in [-0.2, -0.15) is 0 Å². The predicted molar refractivity (Wildman–Crippen MR) is 111 cm³/mol. The topological polar surface area (TPSA) is 82.2 Å². The summed E-state index contributed by atoms with van der Waals surface area (Å²) in [6.45, 7) is 6.99. The number of morpholine rings is 1. The van der Waals surface area contributed by atoms with E-state index in [4.69, 9.17) is 4.74 Å². The minimum Gasteiger partial charge on any atom is -0.378 e. The number of ether oxygens (including phenoxy) is 1. The summed E-state index contributed by atoms with van der Waals surface area (Å²) in [5, 5.41) is 2.97. The zero-order valence-electron chi connectivity index (χ0n) is 17.7. The van der Waals surface area contributed by atoms with E-state index in [2.05, 4.69) is 11.4 Å². The second-order valence-corrected chi connectivity index (χ2v) is 8.13. The second kappa shape index (κ2) is 8.10. The molecule has 0 saturated carbocycles. The number of hydrogen-bond donors (Lipinski definition) is 1. The predicted octanol–water partition coefficient (Wildman–Crippen LogP) is 1.34. The number of likely N-dealkylation sites (N-methyl/N-ethyl adjacent to an activating group) is 1. The van der Waals surface area contributed by atoms with Gasteiger partial charge in [0.05, 0.1) is 37.1 Å². The van der Waals surface area contributed by atoms with Crippen molar-refractivity contribution in [3.8, 4) is 0 Å². The first-order chi connectivity index (χ1) is 14.4. The van der Waals surface area contributed by atoms with E-state index < -0.39 is 6.04 Å². The Balaban J connectivity index is 1.53. The van der Waals surface area contributed by atoms with Crippen LogP contribution in [0.2, 0.25) is 0 Å². The Morgan fingerprint density at radius 1 is 1.20 bits per heavy atom. The van der Waals surface area contributed by atoms with Crippen molar-refractivity contribution >= 4 is 17.8 Å². The molecule has 3 aliphatic rings. The van der Waals surface area contributed by atoms with Crippen molar-refractivity contribution in [2.24, 2.45) is 0 Å². The number of nitrogens with zero attached hydrogens (tertiary/aromatic N) is 3. The Labute approximate surface area is 176 Å². The monoisotopic (exact) mass is 412 g/mol. The summed E-state index contributed by atoms with van der Waals surface area (Å²) in [6.07, 6.45) is 0.269. The highest BCUT2D eigenvalue weighted by molar-refractivity contribution is 6.01. The first-order valence-electron chi connectivity index (χ1n) is 10.4. The van der Waals surface area contributed by atoms with Gasteiger partial charge in [-0.15, -0.1) is 0 Å². The molecule has 3 aliphatic heterocycles. The van der Waals surface area contributed by atoms with Gasteiger partial charge in [-0.3, -0.25) is 14.5 Å². The highest BCUT2D eigenvalue weighted by Gasteiger charge is 2.43. The van der Waals surface area contributed by atoms with Gasteiger partial charge >= 0.3 is 6.03 Å². The number of rotatable bonds is 4. The minimum absolute atomic E-state index is 0.0319.